The number of thiazole rings is 1. The highest BCUT2D eigenvalue weighted by Gasteiger charge is 2.26. The Hall–Kier alpha value is -1.63. The minimum atomic E-state index is -0.996. The minimum Gasteiger partial charge on any atom is -0.480 e. The Labute approximate surface area is 129 Å². The van der Waals surface area contributed by atoms with Gasteiger partial charge in [0.05, 0.1) is 11.2 Å². The first-order valence-corrected chi connectivity index (χ1v) is 7.88. The maximum absolute atomic E-state index is 12.1. The number of hydrogen-bond donors (Lipinski definition) is 2. The molecule has 0 radical (unpaired) electrons. The molecule has 0 fully saturated rings. The van der Waals surface area contributed by atoms with E-state index in [9.17, 15) is 14.7 Å². The fraction of sp³-hybridized carbons (Fsp3) is 0.643. The van der Waals surface area contributed by atoms with E-state index in [4.69, 9.17) is 0 Å². The van der Waals surface area contributed by atoms with Gasteiger partial charge in [-0.2, -0.15) is 0 Å². The van der Waals surface area contributed by atoms with E-state index >= 15 is 0 Å². The highest BCUT2D eigenvalue weighted by molar-refractivity contribution is 7.09. The van der Waals surface area contributed by atoms with Crippen molar-refractivity contribution in [3.63, 3.8) is 0 Å². The van der Waals surface area contributed by atoms with Gasteiger partial charge in [0.15, 0.2) is 0 Å². The second kappa shape index (κ2) is 7.97. The van der Waals surface area contributed by atoms with Crippen LogP contribution in [0.15, 0.2) is 5.51 Å². The summed E-state index contributed by atoms with van der Waals surface area (Å²) in [6, 6.07) is -1.21. The van der Waals surface area contributed by atoms with Crippen LogP contribution in [0, 0.1) is 12.8 Å². The predicted molar refractivity (Wildman–Crippen MR) is 82.6 cm³/mol. The van der Waals surface area contributed by atoms with Gasteiger partial charge in [0, 0.05) is 24.9 Å². The Balaban J connectivity index is 2.53. The third kappa shape index (κ3) is 5.00. The van der Waals surface area contributed by atoms with Gasteiger partial charge in [-0.1, -0.05) is 20.3 Å². The Morgan fingerprint density at radius 3 is 2.67 bits per heavy atom. The van der Waals surface area contributed by atoms with Crippen molar-refractivity contribution in [3.05, 3.63) is 16.1 Å². The van der Waals surface area contributed by atoms with E-state index in [0.717, 1.165) is 17.0 Å². The molecule has 21 heavy (non-hydrogen) atoms. The molecule has 1 aromatic heterocycles. The molecule has 0 aliphatic rings. The summed E-state index contributed by atoms with van der Waals surface area (Å²) in [6.45, 7) is 6.19. The number of nitrogens with zero attached hydrogens (tertiary/aromatic N) is 2. The van der Waals surface area contributed by atoms with Crippen LogP contribution in [-0.4, -0.2) is 46.6 Å². The lowest BCUT2D eigenvalue weighted by atomic mass is 9.99. The van der Waals surface area contributed by atoms with Gasteiger partial charge in [0.25, 0.3) is 0 Å². The number of carboxylic acid groups (broad SMARTS) is 1. The number of carbonyl (C=O) groups is 2. The summed E-state index contributed by atoms with van der Waals surface area (Å²) in [5.74, 6) is -1.10. The summed E-state index contributed by atoms with van der Waals surface area (Å²) < 4.78 is 0. The van der Waals surface area contributed by atoms with Crippen molar-refractivity contribution in [2.75, 3.05) is 13.6 Å². The molecule has 1 rings (SSSR count). The highest BCUT2D eigenvalue weighted by atomic mass is 32.1. The lowest BCUT2D eigenvalue weighted by molar-refractivity contribution is -0.140. The average molecular weight is 313 g/mol. The van der Waals surface area contributed by atoms with Gasteiger partial charge < -0.3 is 15.3 Å². The number of aryl methyl sites for hydroxylation is 1. The number of urea groups is 1. The first-order valence-electron chi connectivity index (χ1n) is 7.00. The van der Waals surface area contributed by atoms with Crippen LogP contribution in [-0.2, 0) is 11.2 Å². The Morgan fingerprint density at radius 1 is 1.52 bits per heavy atom. The predicted octanol–water partition coefficient (Wildman–Crippen LogP) is 2.13. The van der Waals surface area contributed by atoms with Crippen LogP contribution in [0.4, 0.5) is 4.79 Å². The van der Waals surface area contributed by atoms with Gasteiger partial charge >= 0.3 is 12.0 Å². The molecule has 0 spiro atoms. The van der Waals surface area contributed by atoms with Crippen molar-refractivity contribution >= 4 is 23.3 Å². The number of aromatic nitrogens is 1. The van der Waals surface area contributed by atoms with E-state index < -0.39 is 12.0 Å². The van der Waals surface area contributed by atoms with Crippen LogP contribution in [0.5, 0.6) is 0 Å². The van der Waals surface area contributed by atoms with E-state index in [1.807, 2.05) is 20.8 Å². The number of carboxylic acids is 1. The smallest absolute Gasteiger partial charge is 0.326 e. The fourth-order valence-corrected chi connectivity index (χ4v) is 2.63. The molecular weight excluding hydrogens is 290 g/mol. The molecule has 0 saturated heterocycles. The number of hydrogen-bond acceptors (Lipinski definition) is 4. The Bertz CT molecular complexity index is 490. The first-order chi connectivity index (χ1) is 9.86. The maximum atomic E-state index is 12.1. The number of likely N-dealkylation sites (N-methyl/N-ethyl adjacent to an activating group) is 1. The monoisotopic (exact) mass is 313 g/mol. The summed E-state index contributed by atoms with van der Waals surface area (Å²) in [6.07, 6.45) is 1.42. The number of carbonyl (C=O) groups excluding carboxylic acids is 1. The molecule has 0 aliphatic carbocycles. The van der Waals surface area contributed by atoms with Gasteiger partial charge in [0.2, 0.25) is 0 Å². The molecule has 7 heteroatoms. The number of aliphatic carboxylic acids is 1. The van der Waals surface area contributed by atoms with E-state index in [1.54, 1.807) is 23.9 Å². The molecule has 0 bridgehead atoms. The van der Waals surface area contributed by atoms with Gasteiger partial charge in [-0.15, -0.1) is 11.3 Å². The molecule has 0 unspecified atom stereocenters. The molecule has 118 valence electrons. The molecule has 2 N–H and O–H groups in total. The molecule has 2 atom stereocenters. The van der Waals surface area contributed by atoms with Crippen LogP contribution in [0.2, 0.25) is 0 Å². The number of nitrogens with one attached hydrogen (secondary N) is 1. The zero-order valence-electron chi connectivity index (χ0n) is 12.9. The largest absolute Gasteiger partial charge is 0.480 e. The van der Waals surface area contributed by atoms with Crippen LogP contribution in [0.1, 0.15) is 30.8 Å². The summed E-state index contributed by atoms with van der Waals surface area (Å²) in [4.78, 5) is 30.1. The average Bonchev–Trinajstić information content (AvgIpc) is 2.85. The third-order valence-corrected chi connectivity index (χ3v) is 4.62. The highest BCUT2D eigenvalue weighted by Crippen LogP contribution is 2.13. The molecule has 0 aromatic carbocycles. The maximum Gasteiger partial charge on any atom is 0.326 e. The quantitative estimate of drug-likeness (QED) is 0.808. The molecular formula is C14H23N3O3S. The normalized spacial score (nSPS) is 13.5. The van der Waals surface area contributed by atoms with Gasteiger partial charge in [-0.25, -0.2) is 14.6 Å². The van der Waals surface area contributed by atoms with Crippen molar-refractivity contribution in [1.29, 1.82) is 0 Å². The molecule has 6 nitrogen and oxygen atoms in total. The topological polar surface area (TPSA) is 82.5 Å². The van der Waals surface area contributed by atoms with E-state index in [0.29, 0.717) is 13.0 Å². The van der Waals surface area contributed by atoms with E-state index in [-0.39, 0.29) is 11.9 Å². The van der Waals surface area contributed by atoms with Gasteiger partial charge in [0.1, 0.15) is 6.04 Å². The minimum absolute atomic E-state index is 0.108. The zero-order chi connectivity index (χ0) is 16.0. The van der Waals surface area contributed by atoms with Crippen molar-refractivity contribution in [1.82, 2.24) is 15.2 Å². The SMILES string of the molecule is CC[C@H](C)[C@H](NC(=O)N(C)CCc1scnc1C)C(=O)O. The van der Waals surface area contributed by atoms with Crippen LogP contribution >= 0.6 is 11.3 Å². The Kier molecular flexibility index (Phi) is 6.61. The lowest BCUT2D eigenvalue weighted by Gasteiger charge is -2.24. The van der Waals surface area contributed by atoms with Crippen molar-refractivity contribution in [3.8, 4) is 0 Å². The third-order valence-electron chi connectivity index (χ3n) is 3.62. The van der Waals surface area contributed by atoms with Gasteiger partial charge in [-0.3, -0.25) is 0 Å². The summed E-state index contributed by atoms with van der Waals surface area (Å²) in [7, 11) is 1.67. The summed E-state index contributed by atoms with van der Waals surface area (Å²) >= 11 is 1.57. The fourth-order valence-electron chi connectivity index (χ4n) is 1.86. The van der Waals surface area contributed by atoms with Crippen molar-refractivity contribution in [2.45, 2.75) is 39.7 Å². The summed E-state index contributed by atoms with van der Waals surface area (Å²) in [5.41, 5.74) is 2.77. The molecule has 1 aromatic rings. The standard InChI is InChI=1S/C14H23N3O3S/c1-5-9(2)12(13(18)19)16-14(20)17(4)7-6-11-10(3)15-8-21-11/h8-9,12H,5-7H2,1-4H3,(H,16,20)(H,18,19)/t9-,12-/m0/s1. The first kappa shape index (κ1) is 17.4. The van der Waals surface area contributed by atoms with Crippen molar-refractivity contribution < 1.29 is 14.7 Å². The molecule has 2 amide bonds. The summed E-state index contributed by atoms with van der Waals surface area (Å²) in [5, 5.41) is 11.8. The Morgan fingerprint density at radius 2 is 2.19 bits per heavy atom. The number of rotatable bonds is 7. The van der Waals surface area contributed by atoms with Crippen LogP contribution in [0.3, 0.4) is 0 Å². The molecule has 0 aliphatic heterocycles. The van der Waals surface area contributed by atoms with E-state index in [1.165, 1.54) is 4.90 Å². The molecule has 1 heterocycles. The second-order valence-corrected chi connectivity index (χ2v) is 6.12. The molecule has 0 saturated carbocycles. The lowest BCUT2D eigenvalue weighted by Crippen LogP contribution is -2.49. The second-order valence-electron chi connectivity index (χ2n) is 5.18. The van der Waals surface area contributed by atoms with Gasteiger partial charge in [-0.05, 0) is 12.8 Å². The van der Waals surface area contributed by atoms with Crippen LogP contribution in [0.25, 0.3) is 0 Å². The van der Waals surface area contributed by atoms with Crippen LogP contribution < -0.4 is 5.32 Å². The van der Waals surface area contributed by atoms with E-state index in [2.05, 4.69) is 10.3 Å². The zero-order valence-corrected chi connectivity index (χ0v) is 13.7. The van der Waals surface area contributed by atoms with Crippen molar-refractivity contribution in [2.24, 2.45) is 5.92 Å². The number of amides is 2.